The Morgan fingerprint density at radius 1 is 1.38 bits per heavy atom. The van der Waals surface area contributed by atoms with Crippen molar-refractivity contribution in [2.75, 3.05) is 6.54 Å². The van der Waals surface area contributed by atoms with Gasteiger partial charge in [-0.3, -0.25) is 4.79 Å². The minimum atomic E-state index is 0.177. The number of carbonyl (C=O) groups excluding carboxylic acids is 1. The van der Waals surface area contributed by atoms with Gasteiger partial charge in [-0.2, -0.15) is 0 Å². The largest absolute Gasteiger partial charge is 0.356 e. The third-order valence-corrected chi connectivity index (χ3v) is 4.88. The molecular formula is C17H20N2OS. The number of hydrogen-bond donors (Lipinski definition) is 1. The number of aryl methyl sites for hydroxylation is 1. The fraction of sp³-hybridized carbons (Fsp3) is 0.412. The Balaban J connectivity index is 1.39. The van der Waals surface area contributed by atoms with E-state index in [2.05, 4.69) is 28.5 Å². The van der Waals surface area contributed by atoms with E-state index in [1.807, 2.05) is 18.2 Å². The zero-order valence-electron chi connectivity index (χ0n) is 12.0. The van der Waals surface area contributed by atoms with Gasteiger partial charge in [0.15, 0.2) is 0 Å². The van der Waals surface area contributed by atoms with Crippen LogP contribution in [0.4, 0.5) is 0 Å². The molecule has 1 unspecified atom stereocenters. The lowest BCUT2D eigenvalue weighted by molar-refractivity contribution is -0.121. The first-order valence-corrected chi connectivity index (χ1v) is 8.41. The predicted octanol–water partition coefficient (Wildman–Crippen LogP) is 3.70. The van der Waals surface area contributed by atoms with Crippen molar-refractivity contribution in [1.82, 2.24) is 10.3 Å². The molecule has 0 radical (unpaired) electrons. The van der Waals surface area contributed by atoms with Crippen molar-refractivity contribution < 1.29 is 4.79 Å². The lowest BCUT2D eigenvalue weighted by Gasteiger charge is -2.08. The van der Waals surface area contributed by atoms with Gasteiger partial charge in [0, 0.05) is 19.4 Å². The molecule has 21 heavy (non-hydrogen) atoms. The Labute approximate surface area is 129 Å². The molecular weight excluding hydrogens is 280 g/mol. The second-order valence-corrected chi connectivity index (χ2v) is 6.61. The third kappa shape index (κ3) is 3.91. The van der Waals surface area contributed by atoms with Gasteiger partial charge in [0.25, 0.3) is 0 Å². The summed E-state index contributed by atoms with van der Waals surface area (Å²) in [5.41, 5.74) is 1.08. The summed E-state index contributed by atoms with van der Waals surface area (Å²) in [6, 6.07) is 8.21. The Bertz CT molecular complexity index is 614. The van der Waals surface area contributed by atoms with Crippen LogP contribution in [0.2, 0.25) is 0 Å². The Kier molecular flexibility index (Phi) is 4.65. The van der Waals surface area contributed by atoms with E-state index in [0.29, 0.717) is 12.3 Å². The number of hydrogen-bond acceptors (Lipinski definition) is 3. The number of para-hydroxylation sites is 1. The number of nitrogens with zero attached hydrogens (tertiary/aromatic N) is 1. The number of carbonyl (C=O) groups is 1. The van der Waals surface area contributed by atoms with Gasteiger partial charge >= 0.3 is 0 Å². The average molecular weight is 300 g/mol. The number of amides is 1. The summed E-state index contributed by atoms with van der Waals surface area (Å²) in [4.78, 5) is 16.4. The molecule has 110 valence electrons. The normalized spacial score (nSPS) is 17.4. The van der Waals surface area contributed by atoms with E-state index in [1.165, 1.54) is 4.70 Å². The Hall–Kier alpha value is -1.68. The summed E-state index contributed by atoms with van der Waals surface area (Å²) in [7, 11) is 0. The monoisotopic (exact) mass is 300 g/mol. The van der Waals surface area contributed by atoms with Gasteiger partial charge in [0.1, 0.15) is 0 Å². The van der Waals surface area contributed by atoms with Crippen molar-refractivity contribution >= 4 is 27.5 Å². The topological polar surface area (TPSA) is 42.0 Å². The fourth-order valence-electron chi connectivity index (χ4n) is 2.67. The highest BCUT2D eigenvalue weighted by atomic mass is 32.1. The van der Waals surface area contributed by atoms with E-state index in [0.717, 1.165) is 42.8 Å². The molecule has 0 saturated heterocycles. The molecule has 1 amide bonds. The van der Waals surface area contributed by atoms with Crippen molar-refractivity contribution in [3.63, 3.8) is 0 Å². The van der Waals surface area contributed by atoms with Gasteiger partial charge in [-0.25, -0.2) is 4.98 Å². The van der Waals surface area contributed by atoms with E-state index in [1.54, 1.807) is 11.3 Å². The van der Waals surface area contributed by atoms with Crippen LogP contribution in [0.3, 0.4) is 0 Å². The Morgan fingerprint density at radius 3 is 3.10 bits per heavy atom. The number of allylic oxidation sites excluding steroid dienone is 2. The molecule has 3 nitrogen and oxygen atoms in total. The quantitative estimate of drug-likeness (QED) is 0.653. The van der Waals surface area contributed by atoms with Crippen LogP contribution in [0.1, 0.15) is 30.7 Å². The van der Waals surface area contributed by atoms with Crippen LogP contribution in [-0.4, -0.2) is 17.4 Å². The number of nitrogens with one attached hydrogen (secondary N) is 1. The van der Waals surface area contributed by atoms with E-state index in [4.69, 9.17) is 0 Å². The smallest absolute Gasteiger partial charge is 0.220 e. The second-order valence-electron chi connectivity index (χ2n) is 5.50. The number of thiazole rings is 1. The van der Waals surface area contributed by atoms with Crippen LogP contribution in [0.25, 0.3) is 10.2 Å². The maximum absolute atomic E-state index is 11.8. The van der Waals surface area contributed by atoms with Crippen molar-refractivity contribution in [2.24, 2.45) is 5.92 Å². The van der Waals surface area contributed by atoms with Gasteiger partial charge in [-0.1, -0.05) is 24.3 Å². The van der Waals surface area contributed by atoms with Gasteiger partial charge < -0.3 is 5.32 Å². The number of rotatable bonds is 6. The van der Waals surface area contributed by atoms with Crippen LogP contribution >= 0.6 is 11.3 Å². The van der Waals surface area contributed by atoms with Crippen LogP contribution in [0, 0.1) is 5.92 Å². The van der Waals surface area contributed by atoms with Gasteiger partial charge in [0.05, 0.1) is 15.2 Å². The fourth-order valence-corrected chi connectivity index (χ4v) is 3.68. The molecule has 1 N–H and O–H groups in total. The average Bonchev–Trinajstić information content (AvgIpc) is 3.12. The van der Waals surface area contributed by atoms with Crippen molar-refractivity contribution in [3.8, 4) is 0 Å². The summed E-state index contributed by atoms with van der Waals surface area (Å²) in [5.74, 6) is 0.630. The SMILES string of the molecule is O=C(CC1C=CCC1)NCCCc1nc2ccccc2s1. The minimum absolute atomic E-state index is 0.177. The van der Waals surface area contributed by atoms with E-state index in [-0.39, 0.29) is 5.91 Å². The molecule has 0 saturated carbocycles. The molecule has 0 fully saturated rings. The van der Waals surface area contributed by atoms with Gasteiger partial charge in [-0.15, -0.1) is 11.3 Å². The maximum atomic E-state index is 11.8. The molecule has 0 bridgehead atoms. The maximum Gasteiger partial charge on any atom is 0.220 e. The second kappa shape index (κ2) is 6.85. The highest BCUT2D eigenvalue weighted by Crippen LogP contribution is 2.22. The lowest BCUT2D eigenvalue weighted by atomic mass is 10.1. The molecule has 1 aliphatic rings. The highest BCUT2D eigenvalue weighted by Gasteiger charge is 2.13. The van der Waals surface area contributed by atoms with E-state index >= 15 is 0 Å². The molecule has 1 aromatic heterocycles. The zero-order chi connectivity index (χ0) is 14.5. The highest BCUT2D eigenvalue weighted by molar-refractivity contribution is 7.18. The molecule has 3 rings (SSSR count). The van der Waals surface area contributed by atoms with E-state index in [9.17, 15) is 4.79 Å². The molecule has 1 aliphatic carbocycles. The molecule has 1 aromatic carbocycles. The zero-order valence-corrected chi connectivity index (χ0v) is 12.9. The first-order chi connectivity index (χ1) is 10.3. The van der Waals surface area contributed by atoms with Gasteiger partial charge in [0.2, 0.25) is 5.91 Å². The molecule has 1 atom stereocenters. The Morgan fingerprint density at radius 2 is 2.29 bits per heavy atom. The lowest BCUT2D eigenvalue weighted by Crippen LogP contribution is -2.26. The molecule has 4 heteroatoms. The first kappa shape index (κ1) is 14.3. The van der Waals surface area contributed by atoms with Crippen molar-refractivity contribution in [2.45, 2.75) is 32.1 Å². The van der Waals surface area contributed by atoms with Gasteiger partial charge in [-0.05, 0) is 37.3 Å². The number of benzene rings is 1. The number of aromatic nitrogens is 1. The molecule has 1 heterocycles. The summed E-state index contributed by atoms with van der Waals surface area (Å²) in [6.45, 7) is 0.741. The van der Waals surface area contributed by atoms with Crippen LogP contribution in [0.15, 0.2) is 36.4 Å². The van der Waals surface area contributed by atoms with Crippen LogP contribution in [-0.2, 0) is 11.2 Å². The van der Waals surface area contributed by atoms with Crippen molar-refractivity contribution in [3.05, 3.63) is 41.4 Å². The van der Waals surface area contributed by atoms with E-state index < -0.39 is 0 Å². The van der Waals surface area contributed by atoms with Crippen LogP contribution < -0.4 is 5.32 Å². The third-order valence-electron chi connectivity index (χ3n) is 3.79. The standard InChI is InChI=1S/C17H20N2OS/c20-16(12-13-6-1-2-7-13)18-11-5-10-17-19-14-8-3-4-9-15(14)21-17/h1,3-4,6,8-9,13H,2,5,7,10-12H2,(H,18,20). The minimum Gasteiger partial charge on any atom is -0.356 e. The molecule has 0 aliphatic heterocycles. The summed E-state index contributed by atoms with van der Waals surface area (Å²) >= 11 is 1.75. The number of fused-ring (bicyclic) bond motifs is 1. The molecule has 0 spiro atoms. The summed E-state index contributed by atoms with van der Waals surface area (Å²) in [5, 5.41) is 4.17. The predicted molar refractivity (Wildman–Crippen MR) is 87.4 cm³/mol. The summed E-state index contributed by atoms with van der Waals surface area (Å²) < 4.78 is 1.24. The van der Waals surface area contributed by atoms with Crippen LogP contribution in [0.5, 0.6) is 0 Å². The first-order valence-electron chi connectivity index (χ1n) is 7.59. The molecule has 2 aromatic rings. The summed E-state index contributed by atoms with van der Waals surface area (Å²) in [6.07, 6.45) is 9.10. The van der Waals surface area contributed by atoms with Crippen molar-refractivity contribution in [1.29, 1.82) is 0 Å².